The van der Waals surface area contributed by atoms with Crippen molar-refractivity contribution in [1.82, 2.24) is 14.6 Å². The Morgan fingerprint density at radius 1 is 1.23 bits per heavy atom. The first-order valence-electron chi connectivity index (χ1n) is 9.33. The average molecular weight is 345 g/mol. The quantitative estimate of drug-likeness (QED) is 0.516. The fraction of sp³-hybridized carbons (Fsp3) is 0.304. The van der Waals surface area contributed by atoms with Gasteiger partial charge in [0.05, 0.1) is 11.9 Å². The van der Waals surface area contributed by atoms with Crippen LogP contribution in [0.4, 0.5) is 0 Å². The van der Waals surface area contributed by atoms with Crippen LogP contribution in [0.5, 0.6) is 0 Å². The molecule has 0 aliphatic heterocycles. The lowest BCUT2D eigenvalue weighted by Crippen LogP contribution is -1.96. The predicted octanol–water partition coefficient (Wildman–Crippen LogP) is 5.96. The van der Waals surface area contributed by atoms with Crippen LogP contribution in [0, 0.1) is 12.8 Å². The molecule has 134 valence electrons. The van der Waals surface area contributed by atoms with Gasteiger partial charge in [-0.15, -0.1) is 0 Å². The number of fused-ring (bicyclic) bond motifs is 1. The molecule has 0 saturated carbocycles. The van der Waals surface area contributed by atoms with E-state index in [9.17, 15) is 0 Å². The summed E-state index contributed by atoms with van der Waals surface area (Å²) in [6, 6.07) is 12.6. The maximum Gasteiger partial charge on any atom is 0.155 e. The zero-order chi connectivity index (χ0) is 18.5. The van der Waals surface area contributed by atoms with E-state index in [2.05, 4.69) is 69.2 Å². The summed E-state index contributed by atoms with van der Waals surface area (Å²) in [5.41, 5.74) is 6.77. The second kappa shape index (κ2) is 8.13. The number of benzene rings is 1. The number of hydrogen-bond donors (Lipinski definition) is 0. The van der Waals surface area contributed by atoms with E-state index in [1.807, 2.05) is 18.3 Å². The summed E-state index contributed by atoms with van der Waals surface area (Å²) in [7, 11) is 0. The second-order valence-corrected chi connectivity index (χ2v) is 7.01. The summed E-state index contributed by atoms with van der Waals surface area (Å²) in [5, 5.41) is 4.25. The SMILES string of the molecule is CCC(C)C/C=C\C(=C(/C)c1cccc(C)c1)c1ccn2nccc2n1. The minimum Gasteiger partial charge on any atom is -0.229 e. The molecular formula is C23H27N3. The molecule has 0 N–H and O–H groups in total. The minimum absolute atomic E-state index is 0.692. The largest absolute Gasteiger partial charge is 0.229 e. The predicted molar refractivity (Wildman–Crippen MR) is 110 cm³/mol. The van der Waals surface area contributed by atoms with Gasteiger partial charge in [-0.1, -0.05) is 62.2 Å². The van der Waals surface area contributed by atoms with E-state index in [1.165, 1.54) is 28.7 Å². The smallest absolute Gasteiger partial charge is 0.155 e. The summed E-state index contributed by atoms with van der Waals surface area (Å²) in [6.45, 7) is 8.84. The first kappa shape index (κ1) is 18.1. The summed E-state index contributed by atoms with van der Waals surface area (Å²) >= 11 is 0. The fourth-order valence-corrected chi connectivity index (χ4v) is 2.98. The summed E-state index contributed by atoms with van der Waals surface area (Å²) in [6.07, 6.45) is 10.5. The third kappa shape index (κ3) is 4.10. The number of aromatic nitrogens is 3. The van der Waals surface area contributed by atoms with E-state index in [-0.39, 0.29) is 0 Å². The highest BCUT2D eigenvalue weighted by Gasteiger charge is 2.09. The average Bonchev–Trinajstić information content (AvgIpc) is 3.12. The van der Waals surface area contributed by atoms with Crippen molar-refractivity contribution < 1.29 is 0 Å². The van der Waals surface area contributed by atoms with Gasteiger partial charge in [-0.3, -0.25) is 0 Å². The zero-order valence-corrected chi connectivity index (χ0v) is 16.1. The Labute approximate surface area is 156 Å². The molecule has 0 fully saturated rings. The van der Waals surface area contributed by atoms with Crippen molar-refractivity contribution in [1.29, 1.82) is 0 Å². The molecule has 3 aromatic rings. The van der Waals surface area contributed by atoms with Gasteiger partial charge in [-0.25, -0.2) is 9.50 Å². The molecule has 0 amide bonds. The van der Waals surface area contributed by atoms with E-state index < -0.39 is 0 Å². The van der Waals surface area contributed by atoms with Crippen LogP contribution in [0.3, 0.4) is 0 Å². The Balaban J connectivity index is 2.07. The highest BCUT2D eigenvalue weighted by molar-refractivity contribution is 5.94. The molecule has 0 radical (unpaired) electrons. The highest BCUT2D eigenvalue weighted by atomic mass is 15.2. The van der Waals surface area contributed by atoms with Crippen molar-refractivity contribution in [2.45, 2.75) is 40.5 Å². The highest BCUT2D eigenvalue weighted by Crippen LogP contribution is 2.27. The van der Waals surface area contributed by atoms with E-state index in [0.717, 1.165) is 17.8 Å². The fourth-order valence-electron chi connectivity index (χ4n) is 2.98. The Morgan fingerprint density at radius 2 is 2.08 bits per heavy atom. The van der Waals surface area contributed by atoms with Crippen molar-refractivity contribution in [3.63, 3.8) is 0 Å². The normalized spacial score (nSPS) is 14.0. The molecule has 0 aliphatic rings. The van der Waals surface area contributed by atoms with Crippen LogP contribution in [-0.4, -0.2) is 14.6 Å². The third-order valence-corrected chi connectivity index (χ3v) is 4.91. The van der Waals surface area contributed by atoms with Gasteiger partial charge in [0.1, 0.15) is 0 Å². The third-order valence-electron chi connectivity index (χ3n) is 4.91. The molecule has 1 atom stereocenters. The Kier molecular flexibility index (Phi) is 5.67. The van der Waals surface area contributed by atoms with Crippen LogP contribution in [0.1, 0.15) is 50.4 Å². The van der Waals surface area contributed by atoms with Gasteiger partial charge < -0.3 is 0 Å². The van der Waals surface area contributed by atoms with Gasteiger partial charge >= 0.3 is 0 Å². The first-order chi connectivity index (χ1) is 12.6. The molecule has 2 aromatic heterocycles. The second-order valence-electron chi connectivity index (χ2n) is 7.01. The molecule has 1 aromatic carbocycles. The lowest BCUT2D eigenvalue weighted by molar-refractivity contribution is 0.572. The molecular weight excluding hydrogens is 318 g/mol. The molecule has 0 bridgehead atoms. The summed E-state index contributed by atoms with van der Waals surface area (Å²) in [5.74, 6) is 0.692. The van der Waals surface area contributed by atoms with Gasteiger partial charge in [-0.2, -0.15) is 5.10 Å². The molecule has 2 heterocycles. The van der Waals surface area contributed by atoms with Gasteiger partial charge in [0, 0.05) is 17.8 Å². The van der Waals surface area contributed by atoms with Crippen LogP contribution in [0.15, 0.2) is 60.9 Å². The van der Waals surface area contributed by atoms with E-state index in [1.54, 1.807) is 10.7 Å². The monoisotopic (exact) mass is 345 g/mol. The Morgan fingerprint density at radius 3 is 2.85 bits per heavy atom. The van der Waals surface area contributed by atoms with Gasteiger partial charge in [-0.05, 0) is 43.4 Å². The van der Waals surface area contributed by atoms with Crippen LogP contribution < -0.4 is 0 Å². The van der Waals surface area contributed by atoms with Crippen molar-refractivity contribution in [2.24, 2.45) is 5.92 Å². The van der Waals surface area contributed by atoms with Crippen LogP contribution in [0.25, 0.3) is 16.8 Å². The summed E-state index contributed by atoms with van der Waals surface area (Å²) < 4.78 is 1.80. The lowest BCUT2D eigenvalue weighted by atomic mass is 9.96. The summed E-state index contributed by atoms with van der Waals surface area (Å²) in [4.78, 5) is 4.81. The molecule has 0 aliphatic carbocycles. The standard InChI is InChI=1S/C23H27N3/c1-5-17(2)8-7-11-21(19(4)20-10-6-9-18(3)16-20)22-13-15-26-23(25-22)12-14-24-26/h6-7,9-17H,5,8H2,1-4H3/b11-7-,21-19-. The van der Waals surface area contributed by atoms with E-state index >= 15 is 0 Å². The number of hydrogen-bond acceptors (Lipinski definition) is 2. The zero-order valence-electron chi connectivity index (χ0n) is 16.1. The van der Waals surface area contributed by atoms with Crippen molar-refractivity contribution >= 4 is 16.8 Å². The van der Waals surface area contributed by atoms with E-state index in [0.29, 0.717) is 5.92 Å². The van der Waals surface area contributed by atoms with Crippen LogP contribution in [0.2, 0.25) is 0 Å². The van der Waals surface area contributed by atoms with Gasteiger partial charge in [0.2, 0.25) is 0 Å². The lowest BCUT2D eigenvalue weighted by Gasteiger charge is -2.11. The molecule has 3 rings (SSSR count). The molecule has 3 nitrogen and oxygen atoms in total. The molecule has 0 spiro atoms. The number of nitrogens with zero attached hydrogens (tertiary/aromatic N) is 3. The minimum atomic E-state index is 0.692. The molecule has 0 saturated heterocycles. The Bertz CT molecular complexity index is 947. The Hall–Kier alpha value is -2.68. The number of allylic oxidation sites excluding steroid dienone is 4. The molecule has 3 heteroatoms. The topological polar surface area (TPSA) is 30.2 Å². The van der Waals surface area contributed by atoms with Crippen molar-refractivity contribution in [3.8, 4) is 0 Å². The maximum atomic E-state index is 4.81. The number of rotatable bonds is 6. The maximum absolute atomic E-state index is 4.81. The molecule has 1 unspecified atom stereocenters. The first-order valence-corrected chi connectivity index (χ1v) is 9.33. The van der Waals surface area contributed by atoms with Crippen LogP contribution >= 0.6 is 0 Å². The van der Waals surface area contributed by atoms with Crippen molar-refractivity contribution in [3.05, 3.63) is 77.8 Å². The van der Waals surface area contributed by atoms with Crippen LogP contribution in [-0.2, 0) is 0 Å². The van der Waals surface area contributed by atoms with E-state index in [4.69, 9.17) is 4.98 Å². The molecule has 26 heavy (non-hydrogen) atoms. The van der Waals surface area contributed by atoms with Gasteiger partial charge in [0.15, 0.2) is 5.65 Å². The van der Waals surface area contributed by atoms with Gasteiger partial charge in [0.25, 0.3) is 0 Å². The number of aryl methyl sites for hydroxylation is 1. The van der Waals surface area contributed by atoms with Crippen molar-refractivity contribution in [2.75, 3.05) is 0 Å².